The minimum Gasteiger partial charge on any atom is -0.491 e. The summed E-state index contributed by atoms with van der Waals surface area (Å²) in [6, 6.07) is 2.23. The van der Waals surface area contributed by atoms with E-state index >= 15 is 0 Å². The van der Waals surface area contributed by atoms with Crippen LogP contribution in [0.3, 0.4) is 0 Å². The van der Waals surface area contributed by atoms with Gasteiger partial charge in [0.05, 0.1) is 29.8 Å². The Morgan fingerprint density at radius 2 is 2.00 bits per heavy atom. The van der Waals surface area contributed by atoms with Crippen LogP contribution in [-0.2, 0) is 22.9 Å². The van der Waals surface area contributed by atoms with Gasteiger partial charge in [-0.25, -0.2) is 4.79 Å². The monoisotopic (exact) mass is 541 g/mol. The molecule has 0 aliphatic carbocycles. The van der Waals surface area contributed by atoms with Crippen molar-refractivity contribution in [2.75, 3.05) is 19.8 Å². The third kappa shape index (κ3) is 6.35. The largest absolute Gasteiger partial charge is 0.491 e. The summed E-state index contributed by atoms with van der Waals surface area (Å²) in [6.45, 7) is 7.51. The summed E-state index contributed by atoms with van der Waals surface area (Å²) < 4.78 is 53.6. The number of carboxylic acid groups (broad SMARTS) is 1. The first-order valence-corrected chi connectivity index (χ1v) is 12.9. The fourth-order valence-electron chi connectivity index (χ4n) is 4.15. The number of likely N-dealkylation sites (tertiary alicyclic amines) is 1. The van der Waals surface area contributed by atoms with Gasteiger partial charge in [-0.1, -0.05) is 20.8 Å². The molecule has 8 nitrogen and oxygen atoms in total. The number of hydrogen-bond acceptors (Lipinski definition) is 5. The second-order valence-electron chi connectivity index (χ2n) is 10.3. The van der Waals surface area contributed by atoms with E-state index in [0.717, 1.165) is 35.9 Å². The fourth-order valence-corrected chi connectivity index (χ4v) is 5.21. The molecule has 0 unspecified atom stereocenters. The first kappa shape index (κ1) is 27.2. The van der Waals surface area contributed by atoms with Crippen LogP contribution in [0.1, 0.15) is 60.8 Å². The highest BCUT2D eigenvalue weighted by molar-refractivity contribution is 7.09. The zero-order valence-corrected chi connectivity index (χ0v) is 21.7. The van der Waals surface area contributed by atoms with E-state index in [-0.39, 0.29) is 29.4 Å². The molecule has 1 aromatic carbocycles. The van der Waals surface area contributed by atoms with E-state index in [9.17, 15) is 27.9 Å². The van der Waals surface area contributed by atoms with Crippen LogP contribution in [0.4, 0.5) is 18.0 Å². The van der Waals surface area contributed by atoms with Crippen molar-refractivity contribution in [1.29, 1.82) is 0 Å². The second-order valence-corrected chi connectivity index (χ2v) is 11.3. The highest BCUT2D eigenvalue weighted by Gasteiger charge is 2.34. The third-order valence-corrected chi connectivity index (χ3v) is 7.89. The number of ether oxygens (including phenoxy) is 2. The molecular formula is C25H30F3N3O5S. The third-order valence-electron chi connectivity index (χ3n) is 6.44. The van der Waals surface area contributed by atoms with Gasteiger partial charge in [-0.3, -0.25) is 4.79 Å². The first-order valence-electron chi connectivity index (χ1n) is 12.1. The lowest BCUT2D eigenvalue weighted by molar-refractivity contribution is -0.137. The molecule has 37 heavy (non-hydrogen) atoms. The van der Waals surface area contributed by atoms with Crippen LogP contribution in [0, 0.1) is 0 Å². The van der Waals surface area contributed by atoms with Gasteiger partial charge in [-0.15, -0.1) is 11.3 Å². The molecule has 2 saturated heterocycles. The van der Waals surface area contributed by atoms with Crippen molar-refractivity contribution in [2.45, 2.75) is 70.3 Å². The average molecular weight is 542 g/mol. The molecule has 0 radical (unpaired) electrons. The van der Waals surface area contributed by atoms with Gasteiger partial charge in [-0.05, 0) is 42.9 Å². The molecule has 2 aliphatic rings. The molecule has 202 valence electrons. The Morgan fingerprint density at radius 1 is 1.24 bits per heavy atom. The number of aromatic nitrogens is 1. The number of alkyl halides is 3. The Bertz CT molecular complexity index is 1230. The molecule has 2 aromatic rings. The van der Waals surface area contributed by atoms with E-state index in [1.165, 1.54) is 16.2 Å². The predicted molar refractivity (Wildman–Crippen MR) is 130 cm³/mol. The number of nitrogens with zero attached hydrogens (tertiary/aromatic N) is 3. The van der Waals surface area contributed by atoms with Crippen LogP contribution in [0.25, 0.3) is 0 Å². The van der Waals surface area contributed by atoms with Gasteiger partial charge in [0, 0.05) is 24.2 Å². The molecule has 0 bridgehead atoms. The van der Waals surface area contributed by atoms with E-state index in [1.54, 1.807) is 0 Å². The summed E-state index contributed by atoms with van der Waals surface area (Å²) in [5, 5.41) is 9.19. The molecule has 2 aliphatic heterocycles. The van der Waals surface area contributed by atoms with Crippen molar-refractivity contribution in [3.63, 3.8) is 0 Å². The average Bonchev–Trinajstić information content (AvgIpc) is 3.42. The van der Waals surface area contributed by atoms with E-state index in [0.29, 0.717) is 30.9 Å². The Hall–Kier alpha value is -2.86. The molecule has 2 amide bonds. The van der Waals surface area contributed by atoms with Crippen LogP contribution >= 0.6 is 11.3 Å². The Kier molecular flexibility index (Phi) is 7.70. The van der Waals surface area contributed by atoms with Gasteiger partial charge >= 0.3 is 12.3 Å². The van der Waals surface area contributed by atoms with Crippen LogP contribution < -0.4 is 9.54 Å². The van der Waals surface area contributed by atoms with Gasteiger partial charge in [-0.2, -0.15) is 18.2 Å². The smallest absolute Gasteiger partial charge is 0.416 e. The van der Waals surface area contributed by atoms with Crippen molar-refractivity contribution in [1.82, 2.24) is 9.47 Å². The zero-order chi connectivity index (χ0) is 27.0. The predicted octanol–water partition coefficient (Wildman–Crippen LogP) is 4.92. The number of carbonyl (C=O) groups is 2. The molecule has 4 rings (SSSR count). The maximum absolute atomic E-state index is 13.5. The highest BCUT2D eigenvalue weighted by atomic mass is 32.1. The lowest BCUT2D eigenvalue weighted by atomic mass is 9.95. The van der Waals surface area contributed by atoms with Crippen LogP contribution in [0.2, 0.25) is 0 Å². The summed E-state index contributed by atoms with van der Waals surface area (Å²) in [7, 11) is 0. The van der Waals surface area contributed by atoms with Crippen LogP contribution in [0.5, 0.6) is 5.75 Å². The maximum atomic E-state index is 13.5. The van der Waals surface area contributed by atoms with Gasteiger partial charge in [0.2, 0.25) is 0 Å². The number of thiazole rings is 1. The van der Waals surface area contributed by atoms with Crippen LogP contribution in [0.15, 0.2) is 29.4 Å². The van der Waals surface area contributed by atoms with E-state index in [4.69, 9.17) is 9.47 Å². The quantitative estimate of drug-likeness (QED) is 0.561. The SMILES string of the molecule is CC(C)(C)c1cn(C[C@H]2CCCO2)c(=NC(=O)c2cc(C(F)(F)F)ccc2OC[C@H]2CCN2C(=O)O)s1. The molecule has 0 spiro atoms. The van der Waals surface area contributed by atoms with Gasteiger partial charge < -0.3 is 24.0 Å². The van der Waals surface area contributed by atoms with Gasteiger partial charge in [0.15, 0.2) is 4.80 Å². The number of rotatable bonds is 6. The van der Waals surface area contributed by atoms with Crippen molar-refractivity contribution in [2.24, 2.45) is 4.99 Å². The summed E-state index contributed by atoms with van der Waals surface area (Å²) in [5.41, 5.74) is -1.54. The molecule has 1 aromatic heterocycles. The van der Waals surface area contributed by atoms with E-state index in [2.05, 4.69) is 4.99 Å². The van der Waals surface area contributed by atoms with Crippen molar-refractivity contribution < 1.29 is 37.3 Å². The molecule has 1 N–H and O–H groups in total. The van der Waals surface area contributed by atoms with E-state index < -0.39 is 29.8 Å². The second kappa shape index (κ2) is 10.5. The number of hydrogen-bond donors (Lipinski definition) is 1. The van der Waals surface area contributed by atoms with Gasteiger partial charge in [0.1, 0.15) is 12.4 Å². The van der Waals surface area contributed by atoms with Crippen molar-refractivity contribution in [3.05, 3.63) is 45.2 Å². The number of benzene rings is 1. The Balaban J connectivity index is 1.68. The number of carbonyl (C=O) groups excluding carboxylic acids is 1. The normalized spacial score (nSPS) is 20.7. The Morgan fingerprint density at radius 3 is 2.57 bits per heavy atom. The molecule has 12 heteroatoms. The molecular weight excluding hydrogens is 511 g/mol. The Labute approximate surface area is 216 Å². The van der Waals surface area contributed by atoms with Gasteiger partial charge in [0.25, 0.3) is 5.91 Å². The zero-order valence-electron chi connectivity index (χ0n) is 20.9. The molecule has 3 heterocycles. The lowest BCUT2D eigenvalue weighted by Crippen LogP contribution is -2.53. The molecule has 2 atom stereocenters. The fraction of sp³-hybridized carbons (Fsp3) is 0.560. The summed E-state index contributed by atoms with van der Waals surface area (Å²) >= 11 is 1.31. The first-order chi connectivity index (χ1) is 17.3. The van der Waals surface area contributed by atoms with Crippen molar-refractivity contribution in [3.8, 4) is 5.75 Å². The number of halogens is 3. The minimum absolute atomic E-state index is 0.0245. The van der Waals surface area contributed by atoms with Crippen molar-refractivity contribution >= 4 is 23.3 Å². The summed E-state index contributed by atoms with van der Waals surface area (Å²) in [4.78, 5) is 31.3. The maximum Gasteiger partial charge on any atom is 0.416 e. The topological polar surface area (TPSA) is 93.4 Å². The van der Waals surface area contributed by atoms with E-state index in [1.807, 2.05) is 31.5 Å². The minimum atomic E-state index is -4.66. The molecule has 0 saturated carbocycles. The summed E-state index contributed by atoms with van der Waals surface area (Å²) in [6.07, 6.45) is -1.48. The highest BCUT2D eigenvalue weighted by Crippen LogP contribution is 2.33. The van der Waals surface area contributed by atoms with Crippen LogP contribution in [-0.4, -0.2) is 58.5 Å². The standard InChI is InChI=1S/C25H30F3N3O5S/c1-24(2,3)20-13-30(12-17-5-4-10-35-17)22(37-20)29-21(32)18-11-15(25(26,27)28)6-7-19(18)36-14-16-8-9-31(16)23(33)34/h6-7,11,13,16-17H,4-5,8-10,12,14H2,1-3H3,(H,33,34)/t16-,17-/m1/s1. The lowest BCUT2D eigenvalue weighted by Gasteiger charge is -2.38. The molecule has 2 fully saturated rings. The summed E-state index contributed by atoms with van der Waals surface area (Å²) in [5.74, 6) is -0.939. The number of amides is 2.